The van der Waals surface area contributed by atoms with Crippen molar-refractivity contribution in [1.82, 2.24) is 5.32 Å². The maximum Gasteiger partial charge on any atom is 0.248 e. The van der Waals surface area contributed by atoms with Crippen LogP contribution in [0.3, 0.4) is 0 Å². The van der Waals surface area contributed by atoms with Gasteiger partial charge in [-0.05, 0) is 5.56 Å². The third kappa shape index (κ3) is 2.06. The molecule has 0 aliphatic carbocycles. The van der Waals surface area contributed by atoms with Crippen molar-refractivity contribution in [3.8, 4) is 0 Å². The molecule has 1 aromatic rings. The van der Waals surface area contributed by atoms with Gasteiger partial charge < -0.3 is 10.1 Å². The zero-order valence-corrected chi connectivity index (χ0v) is 7.19. The fourth-order valence-electron chi connectivity index (χ4n) is 1.38. The standard InChI is InChI=1S/C10H11NO2/c12-9-7-13-10(11-9)6-8-4-2-1-3-5-8/h1-5,10H,6-7H2,(H,11,12)/t10-/m0/s1. The van der Waals surface area contributed by atoms with E-state index in [4.69, 9.17) is 4.74 Å². The molecule has 0 bridgehead atoms. The summed E-state index contributed by atoms with van der Waals surface area (Å²) in [4.78, 5) is 10.8. The zero-order chi connectivity index (χ0) is 9.10. The highest BCUT2D eigenvalue weighted by Gasteiger charge is 2.20. The average Bonchev–Trinajstić information content (AvgIpc) is 2.53. The Morgan fingerprint density at radius 3 is 2.77 bits per heavy atom. The van der Waals surface area contributed by atoms with E-state index >= 15 is 0 Å². The van der Waals surface area contributed by atoms with Crippen molar-refractivity contribution in [1.29, 1.82) is 0 Å². The second-order valence-electron chi connectivity index (χ2n) is 3.06. The highest BCUT2D eigenvalue weighted by molar-refractivity contribution is 5.78. The molecule has 2 rings (SSSR count). The van der Waals surface area contributed by atoms with Gasteiger partial charge in [0.2, 0.25) is 5.91 Å². The topological polar surface area (TPSA) is 38.3 Å². The Labute approximate surface area is 76.7 Å². The van der Waals surface area contributed by atoms with E-state index in [1.165, 1.54) is 5.56 Å². The molecule has 0 saturated carbocycles. The second-order valence-corrected chi connectivity index (χ2v) is 3.06. The van der Waals surface area contributed by atoms with Crippen LogP contribution in [0.15, 0.2) is 30.3 Å². The molecule has 0 spiro atoms. The van der Waals surface area contributed by atoms with E-state index in [0.717, 1.165) is 6.42 Å². The van der Waals surface area contributed by atoms with Crippen LogP contribution in [-0.2, 0) is 16.0 Å². The first kappa shape index (κ1) is 8.26. The van der Waals surface area contributed by atoms with Gasteiger partial charge in [-0.1, -0.05) is 30.3 Å². The molecule has 1 atom stereocenters. The average molecular weight is 177 g/mol. The fraction of sp³-hybridized carbons (Fsp3) is 0.300. The lowest BCUT2D eigenvalue weighted by molar-refractivity contribution is -0.119. The van der Waals surface area contributed by atoms with Gasteiger partial charge in [0.25, 0.3) is 0 Å². The number of benzene rings is 1. The molecule has 0 radical (unpaired) electrons. The van der Waals surface area contributed by atoms with E-state index in [9.17, 15) is 4.79 Å². The van der Waals surface area contributed by atoms with E-state index in [2.05, 4.69) is 5.32 Å². The fourth-order valence-corrected chi connectivity index (χ4v) is 1.38. The van der Waals surface area contributed by atoms with Crippen LogP contribution in [0.5, 0.6) is 0 Å². The number of nitrogens with one attached hydrogen (secondary N) is 1. The maximum absolute atomic E-state index is 10.8. The van der Waals surface area contributed by atoms with Crippen LogP contribution < -0.4 is 5.32 Å². The van der Waals surface area contributed by atoms with Crippen molar-refractivity contribution in [3.05, 3.63) is 35.9 Å². The highest BCUT2D eigenvalue weighted by Crippen LogP contribution is 2.06. The van der Waals surface area contributed by atoms with Crippen LogP contribution >= 0.6 is 0 Å². The molecule has 1 N–H and O–H groups in total. The number of hydrogen-bond acceptors (Lipinski definition) is 2. The minimum Gasteiger partial charge on any atom is -0.348 e. The molecule has 1 heterocycles. The Morgan fingerprint density at radius 2 is 2.15 bits per heavy atom. The molecule has 1 fully saturated rings. The third-order valence-electron chi connectivity index (χ3n) is 2.00. The third-order valence-corrected chi connectivity index (χ3v) is 2.00. The Kier molecular flexibility index (Phi) is 2.27. The van der Waals surface area contributed by atoms with Crippen molar-refractivity contribution in [3.63, 3.8) is 0 Å². The second kappa shape index (κ2) is 3.58. The lowest BCUT2D eigenvalue weighted by Crippen LogP contribution is -2.28. The number of carbonyl (C=O) groups excluding carboxylic acids is 1. The van der Waals surface area contributed by atoms with Gasteiger partial charge in [-0.2, -0.15) is 0 Å². The summed E-state index contributed by atoms with van der Waals surface area (Å²) in [5.41, 5.74) is 1.18. The van der Waals surface area contributed by atoms with Crippen LogP contribution in [-0.4, -0.2) is 18.7 Å². The van der Waals surface area contributed by atoms with Gasteiger partial charge in [0.05, 0.1) is 0 Å². The van der Waals surface area contributed by atoms with Crippen LogP contribution in [0.4, 0.5) is 0 Å². The van der Waals surface area contributed by atoms with E-state index < -0.39 is 0 Å². The lowest BCUT2D eigenvalue weighted by atomic mass is 10.1. The summed E-state index contributed by atoms with van der Waals surface area (Å²) in [5.74, 6) is -0.0269. The lowest BCUT2D eigenvalue weighted by Gasteiger charge is -2.08. The van der Waals surface area contributed by atoms with Crippen molar-refractivity contribution in [2.45, 2.75) is 12.6 Å². The molecule has 0 aromatic heterocycles. The van der Waals surface area contributed by atoms with Gasteiger partial charge in [0.15, 0.2) is 0 Å². The van der Waals surface area contributed by atoms with Gasteiger partial charge in [0, 0.05) is 6.42 Å². The largest absolute Gasteiger partial charge is 0.348 e. The van der Waals surface area contributed by atoms with E-state index in [-0.39, 0.29) is 18.7 Å². The van der Waals surface area contributed by atoms with Crippen molar-refractivity contribution in [2.75, 3.05) is 6.61 Å². The van der Waals surface area contributed by atoms with Gasteiger partial charge in [-0.3, -0.25) is 4.79 Å². The molecular weight excluding hydrogens is 166 g/mol. The molecule has 1 amide bonds. The molecular formula is C10H11NO2. The predicted molar refractivity (Wildman–Crippen MR) is 48.0 cm³/mol. The first-order valence-corrected chi connectivity index (χ1v) is 4.29. The van der Waals surface area contributed by atoms with Crippen LogP contribution in [0.1, 0.15) is 5.56 Å². The first-order valence-electron chi connectivity index (χ1n) is 4.29. The minimum atomic E-state index is -0.144. The van der Waals surface area contributed by atoms with Crippen LogP contribution in [0.25, 0.3) is 0 Å². The molecule has 1 saturated heterocycles. The summed E-state index contributed by atoms with van der Waals surface area (Å²) < 4.78 is 5.21. The molecule has 1 aliphatic rings. The molecule has 1 aromatic carbocycles. The maximum atomic E-state index is 10.8. The SMILES string of the molecule is O=C1CO[C@@H](Cc2ccccc2)N1. The monoisotopic (exact) mass is 177 g/mol. The minimum absolute atomic E-state index is 0.0269. The molecule has 1 aliphatic heterocycles. The normalized spacial score (nSPS) is 21.5. The van der Waals surface area contributed by atoms with Crippen LogP contribution in [0, 0.1) is 0 Å². The molecule has 3 heteroatoms. The van der Waals surface area contributed by atoms with Gasteiger partial charge in [0.1, 0.15) is 12.8 Å². The van der Waals surface area contributed by atoms with Crippen molar-refractivity contribution >= 4 is 5.91 Å². The van der Waals surface area contributed by atoms with Crippen molar-refractivity contribution in [2.24, 2.45) is 0 Å². The Balaban J connectivity index is 1.96. The summed E-state index contributed by atoms with van der Waals surface area (Å²) in [6.45, 7) is 0.192. The van der Waals surface area contributed by atoms with Gasteiger partial charge >= 0.3 is 0 Å². The summed E-state index contributed by atoms with van der Waals surface area (Å²) >= 11 is 0. The van der Waals surface area contributed by atoms with Gasteiger partial charge in [-0.25, -0.2) is 0 Å². The van der Waals surface area contributed by atoms with E-state index in [1.807, 2.05) is 30.3 Å². The van der Waals surface area contributed by atoms with Crippen LogP contribution in [0.2, 0.25) is 0 Å². The number of carbonyl (C=O) groups is 1. The van der Waals surface area contributed by atoms with Gasteiger partial charge in [-0.15, -0.1) is 0 Å². The smallest absolute Gasteiger partial charge is 0.248 e. The quantitative estimate of drug-likeness (QED) is 0.722. The molecule has 68 valence electrons. The molecule has 13 heavy (non-hydrogen) atoms. The first-order chi connectivity index (χ1) is 6.34. The number of rotatable bonds is 2. The van der Waals surface area contributed by atoms with E-state index in [1.54, 1.807) is 0 Å². The van der Waals surface area contributed by atoms with Crippen molar-refractivity contribution < 1.29 is 9.53 Å². The zero-order valence-electron chi connectivity index (χ0n) is 7.19. The molecule has 3 nitrogen and oxygen atoms in total. The Hall–Kier alpha value is -1.35. The Bertz CT molecular complexity index is 297. The summed E-state index contributed by atoms with van der Waals surface area (Å²) in [7, 11) is 0. The number of hydrogen-bond donors (Lipinski definition) is 1. The summed E-state index contributed by atoms with van der Waals surface area (Å²) in [6.07, 6.45) is 0.599. The number of ether oxygens (including phenoxy) is 1. The Morgan fingerprint density at radius 1 is 1.38 bits per heavy atom. The van der Waals surface area contributed by atoms with E-state index in [0.29, 0.717) is 0 Å². The summed E-state index contributed by atoms with van der Waals surface area (Å²) in [6, 6.07) is 9.97. The summed E-state index contributed by atoms with van der Waals surface area (Å²) in [5, 5.41) is 2.74. The predicted octanol–water partition coefficient (Wildman–Crippen LogP) is 0.702. The number of amides is 1. The highest BCUT2D eigenvalue weighted by atomic mass is 16.5. The molecule has 0 unspecified atom stereocenters.